The largest absolute Gasteiger partial charge is 0.415 e. The van der Waals surface area contributed by atoms with Crippen LogP contribution in [0.4, 0.5) is 0 Å². The third-order valence-electron chi connectivity index (χ3n) is 0.851. The van der Waals surface area contributed by atoms with E-state index in [1.54, 1.807) is 6.92 Å². The van der Waals surface area contributed by atoms with Gasteiger partial charge in [-0.2, -0.15) is 12.6 Å². The summed E-state index contributed by atoms with van der Waals surface area (Å²) < 4.78 is 4.25. The quantitative estimate of drug-likeness (QED) is 0.267. The van der Waals surface area contributed by atoms with Gasteiger partial charge in [-0.1, -0.05) is 6.92 Å². The van der Waals surface area contributed by atoms with E-state index in [2.05, 4.69) is 17.4 Å². The average Bonchev–Trinajstić information content (AvgIpc) is 1.87. The van der Waals surface area contributed by atoms with Crippen LogP contribution in [0.25, 0.3) is 0 Å². The SMILES string of the molecule is CC(CS)C(=O)OC=N. The van der Waals surface area contributed by atoms with Gasteiger partial charge in [0.1, 0.15) is 0 Å². The smallest absolute Gasteiger partial charge is 0.315 e. The second-order valence-electron chi connectivity index (χ2n) is 1.64. The number of ether oxygens (including phenoxy) is 1. The molecule has 0 radical (unpaired) electrons. The van der Waals surface area contributed by atoms with Crippen molar-refractivity contribution in [1.82, 2.24) is 0 Å². The summed E-state index contributed by atoms with van der Waals surface area (Å²) in [6.07, 6.45) is 0.627. The lowest BCUT2D eigenvalue weighted by molar-refractivity contribution is -0.138. The molecule has 1 N–H and O–H groups in total. The Morgan fingerprint density at radius 1 is 2.00 bits per heavy atom. The lowest BCUT2D eigenvalue weighted by Crippen LogP contribution is -2.14. The van der Waals surface area contributed by atoms with Gasteiger partial charge in [0.2, 0.25) is 0 Å². The molecule has 0 bridgehead atoms. The van der Waals surface area contributed by atoms with E-state index in [1.165, 1.54) is 0 Å². The molecule has 0 aromatic carbocycles. The Bertz CT molecular complexity index is 116. The number of hydrogen-bond donors (Lipinski definition) is 2. The van der Waals surface area contributed by atoms with Crippen LogP contribution < -0.4 is 0 Å². The molecule has 3 nitrogen and oxygen atoms in total. The maximum atomic E-state index is 10.6. The van der Waals surface area contributed by atoms with Gasteiger partial charge in [-0.25, -0.2) is 0 Å². The van der Waals surface area contributed by atoms with Crippen molar-refractivity contribution in [2.24, 2.45) is 5.92 Å². The second-order valence-corrected chi connectivity index (χ2v) is 2.00. The molecule has 0 aromatic heterocycles. The van der Waals surface area contributed by atoms with Crippen molar-refractivity contribution >= 4 is 25.0 Å². The molecule has 0 heterocycles. The first-order valence-corrected chi connectivity index (χ1v) is 3.16. The van der Waals surface area contributed by atoms with Crippen LogP contribution in [0, 0.1) is 11.3 Å². The van der Waals surface area contributed by atoms with Crippen LogP contribution in [0.2, 0.25) is 0 Å². The van der Waals surface area contributed by atoms with Crippen molar-refractivity contribution in [3.8, 4) is 0 Å². The first-order chi connectivity index (χ1) is 4.22. The Morgan fingerprint density at radius 3 is 2.89 bits per heavy atom. The van der Waals surface area contributed by atoms with Gasteiger partial charge in [0.15, 0.2) is 6.40 Å². The summed E-state index contributed by atoms with van der Waals surface area (Å²) in [5.74, 6) is -0.179. The Kier molecular flexibility index (Phi) is 4.13. The molecule has 0 aromatic rings. The van der Waals surface area contributed by atoms with E-state index in [1.807, 2.05) is 0 Å². The van der Waals surface area contributed by atoms with Gasteiger partial charge >= 0.3 is 5.97 Å². The van der Waals surface area contributed by atoms with Crippen LogP contribution in [-0.4, -0.2) is 18.1 Å². The second kappa shape index (κ2) is 4.38. The Hall–Kier alpha value is -0.510. The van der Waals surface area contributed by atoms with E-state index in [9.17, 15) is 4.79 Å². The third kappa shape index (κ3) is 3.13. The highest BCUT2D eigenvalue weighted by Gasteiger charge is 2.10. The van der Waals surface area contributed by atoms with Gasteiger partial charge in [0.25, 0.3) is 0 Å². The van der Waals surface area contributed by atoms with Crippen molar-refractivity contribution in [2.75, 3.05) is 5.75 Å². The number of carbonyl (C=O) groups is 1. The van der Waals surface area contributed by atoms with Crippen LogP contribution in [0.5, 0.6) is 0 Å². The number of thiol groups is 1. The molecule has 0 saturated carbocycles. The predicted octanol–water partition coefficient (Wildman–Crippen LogP) is 0.703. The highest BCUT2D eigenvalue weighted by atomic mass is 32.1. The molecule has 0 amide bonds. The summed E-state index contributed by atoms with van der Waals surface area (Å²) in [7, 11) is 0. The normalized spacial score (nSPS) is 12.2. The van der Waals surface area contributed by atoms with Crippen molar-refractivity contribution in [1.29, 1.82) is 5.41 Å². The number of rotatable bonds is 3. The minimum absolute atomic E-state index is 0.227. The van der Waals surface area contributed by atoms with Crippen molar-refractivity contribution in [3.63, 3.8) is 0 Å². The maximum Gasteiger partial charge on any atom is 0.315 e. The number of esters is 1. The van der Waals surface area contributed by atoms with Gasteiger partial charge in [-0.15, -0.1) is 0 Å². The molecule has 0 aliphatic heterocycles. The van der Waals surface area contributed by atoms with E-state index >= 15 is 0 Å². The molecule has 9 heavy (non-hydrogen) atoms. The molecule has 0 aliphatic carbocycles. The van der Waals surface area contributed by atoms with Crippen LogP contribution in [0.3, 0.4) is 0 Å². The summed E-state index contributed by atoms with van der Waals surface area (Å²) in [4.78, 5) is 10.6. The molecule has 0 spiro atoms. The molecule has 1 unspecified atom stereocenters. The minimum Gasteiger partial charge on any atom is -0.415 e. The monoisotopic (exact) mass is 147 g/mol. The molecule has 0 rings (SSSR count). The molecular formula is C5H9NO2S. The van der Waals surface area contributed by atoms with E-state index < -0.39 is 5.97 Å². The fourth-order valence-electron chi connectivity index (χ4n) is 0.249. The minimum atomic E-state index is -0.403. The van der Waals surface area contributed by atoms with Crippen molar-refractivity contribution in [2.45, 2.75) is 6.92 Å². The van der Waals surface area contributed by atoms with Crippen molar-refractivity contribution in [3.05, 3.63) is 0 Å². The Morgan fingerprint density at radius 2 is 2.56 bits per heavy atom. The first-order valence-electron chi connectivity index (χ1n) is 2.52. The molecule has 0 aliphatic rings. The first kappa shape index (κ1) is 8.49. The highest BCUT2D eigenvalue weighted by molar-refractivity contribution is 7.80. The van der Waals surface area contributed by atoms with Crippen LogP contribution in [-0.2, 0) is 9.53 Å². The third-order valence-corrected chi connectivity index (χ3v) is 1.40. The van der Waals surface area contributed by atoms with Gasteiger partial charge < -0.3 is 4.74 Å². The summed E-state index contributed by atoms with van der Waals surface area (Å²) in [5.41, 5.74) is 0. The van der Waals surface area contributed by atoms with Gasteiger partial charge in [-0.05, 0) is 0 Å². The summed E-state index contributed by atoms with van der Waals surface area (Å²) in [5, 5.41) is 6.41. The van der Waals surface area contributed by atoms with Crippen LogP contribution >= 0.6 is 12.6 Å². The Balaban J connectivity index is 3.58. The summed E-state index contributed by atoms with van der Waals surface area (Å²) >= 11 is 3.87. The zero-order valence-corrected chi connectivity index (χ0v) is 6.02. The maximum absolute atomic E-state index is 10.6. The van der Waals surface area contributed by atoms with E-state index in [0.717, 1.165) is 0 Å². The standard InChI is InChI=1S/C5H9NO2S/c1-4(2-9)5(7)8-3-6/h3-4,6,9H,2H2,1H3. The fraction of sp³-hybridized carbons (Fsp3) is 0.600. The topological polar surface area (TPSA) is 50.2 Å². The van der Waals surface area contributed by atoms with E-state index in [4.69, 9.17) is 5.41 Å². The van der Waals surface area contributed by atoms with Gasteiger partial charge in [0, 0.05) is 5.75 Å². The lowest BCUT2D eigenvalue weighted by Gasteiger charge is -2.02. The van der Waals surface area contributed by atoms with E-state index in [0.29, 0.717) is 12.2 Å². The number of nitrogens with one attached hydrogen (secondary N) is 1. The number of hydrogen-bond acceptors (Lipinski definition) is 4. The lowest BCUT2D eigenvalue weighted by atomic mass is 10.2. The fourth-order valence-corrected chi connectivity index (χ4v) is 0.398. The summed E-state index contributed by atoms with van der Waals surface area (Å²) in [6.45, 7) is 1.69. The van der Waals surface area contributed by atoms with Crippen LogP contribution in [0.15, 0.2) is 0 Å². The molecule has 1 atom stereocenters. The molecule has 0 fully saturated rings. The van der Waals surface area contributed by atoms with Gasteiger partial charge in [-0.3, -0.25) is 10.2 Å². The molecule has 4 heteroatoms. The zero-order valence-electron chi connectivity index (χ0n) is 5.13. The zero-order chi connectivity index (χ0) is 7.28. The Labute approximate surface area is 59.3 Å². The van der Waals surface area contributed by atoms with Crippen molar-refractivity contribution < 1.29 is 9.53 Å². The average molecular weight is 147 g/mol. The molecule has 0 saturated heterocycles. The van der Waals surface area contributed by atoms with Crippen LogP contribution in [0.1, 0.15) is 6.92 Å². The molecule has 52 valence electrons. The molecular weight excluding hydrogens is 138 g/mol. The summed E-state index contributed by atoms with van der Waals surface area (Å²) in [6, 6.07) is 0. The van der Waals surface area contributed by atoms with Gasteiger partial charge in [0.05, 0.1) is 5.92 Å². The highest BCUT2D eigenvalue weighted by Crippen LogP contribution is 1.98. The predicted molar refractivity (Wildman–Crippen MR) is 37.9 cm³/mol. The van der Waals surface area contributed by atoms with E-state index in [-0.39, 0.29) is 5.92 Å². The number of carbonyl (C=O) groups excluding carboxylic acids is 1.